The number of aromatic nitrogens is 1. The molecule has 1 aliphatic heterocycles. The first-order chi connectivity index (χ1) is 18.8. The number of carboxylic acid groups (broad SMARTS) is 1. The van der Waals surface area contributed by atoms with Crippen molar-refractivity contribution in [2.24, 2.45) is 4.99 Å². The molecule has 2 aromatic carbocycles. The van der Waals surface area contributed by atoms with E-state index in [2.05, 4.69) is 4.99 Å². The summed E-state index contributed by atoms with van der Waals surface area (Å²) in [6, 6.07) is 11.4. The van der Waals surface area contributed by atoms with Crippen molar-refractivity contribution in [3.8, 4) is 17.2 Å². The molecule has 4 rings (SSSR count). The van der Waals surface area contributed by atoms with Crippen LogP contribution in [-0.4, -0.2) is 48.5 Å². The first-order valence-electron chi connectivity index (χ1n) is 12.2. The van der Waals surface area contributed by atoms with E-state index in [-0.39, 0.29) is 17.9 Å². The van der Waals surface area contributed by atoms with Crippen LogP contribution >= 0.6 is 11.3 Å². The summed E-state index contributed by atoms with van der Waals surface area (Å²) in [4.78, 5) is 42.7. The zero-order valence-electron chi connectivity index (χ0n) is 21.9. The number of methoxy groups -OCH3 is 1. The highest BCUT2D eigenvalue weighted by atomic mass is 32.1. The second-order valence-electron chi connectivity index (χ2n) is 8.40. The summed E-state index contributed by atoms with van der Waals surface area (Å²) in [6.45, 7) is 5.53. The van der Waals surface area contributed by atoms with Crippen LogP contribution in [0.3, 0.4) is 0 Å². The van der Waals surface area contributed by atoms with Gasteiger partial charge in [0, 0.05) is 0 Å². The molecule has 10 nitrogen and oxygen atoms in total. The molecule has 0 saturated heterocycles. The Morgan fingerprint density at radius 1 is 1.08 bits per heavy atom. The fraction of sp³-hybridized carbons (Fsp3) is 0.286. The maximum absolute atomic E-state index is 13.8. The number of carboxylic acids is 1. The van der Waals surface area contributed by atoms with E-state index in [1.807, 2.05) is 19.1 Å². The minimum Gasteiger partial charge on any atom is -0.494 e. The lowest BCUT2D eigenvalue weighted by Gasteiger charge is -2.24. The molecule has 0 unspecified atom stereocenters. The Hall–Kier alpha value is -4.38. The van der Waals surface area contributed by atoms with Gasteiger partial charge in [-0.2, -0.15) is 0 Å². The molecule has 0 fully saturated rings. The maximum Gasteiger partial charge on any atom is 0.341 e. The Morgan fingerprint density at radius 2 is 1.82 bits per heavy atom. The number of rotatable bonds is 10. The topological polar surface area (TPSA) is 126 Å². The first-order valence-corrected chi connectivity index (χ1v) is 13.0. The van der Waals surface area contributed by atoms with Gasteiger partial charge in [-0.15, -0.1) is 0 Å². The van der Waals surface area contributed by atoms with Crippen LogP contribution in [-0.2, 0) is 14.3 Å². The van der Waals surface area contributed by atoms with Gasteiger partial charge in [0.2, 0.25) is 0 Å². The van der Waals surface area contributed by atoms with Gasteiger partial charge in [-0.05, 0) is 62.2 Å². The molecule has 0 spiro atoms. The Morgan fingerprint density at radius 3 is 2.46 bits per heavy atom. The van der Waals surface area contributed by atoms with E-state index in [1.54, 1.807) is 50.3 Å². The number of thiazole rings is 1. The van der Waals surface area contributed by atoms with Crippen LogP contribution in [0, 0.1) is 0 Å². The van der Waals surface area contributed by atoms with Crippen LogP contribution in [0.5, 0.6) is 17.2 Å². The number of hydrogen-bond donors (Lipinski definition) is 1. The minimum atomic E-state index is -1.11. The van der Waals surface area contributed by atoms with E-state index >= 15 is 0 Å². The summed E-state index contributed by atoms with van der Waals surface area (Å²) in [5.41, 5.74) is 1.80. The lowest BCUT2D eigenvalue weighted by molar-refractivity contribution is -0.140. The van der Waals surface area contributed by atoms with Gasteiger partial charge in [-0.1, -0.05) is 29.5 Å². The molecular weight excluding hydrogens is 524 g/mol. The molecule has 0 bridgehead atoms. The summed E-state index contributed by atoms with van der Waals surface area (Å²) in [7, 11) is 1.44. The second kappa shape index (κ2) is 12.0. The average molecular weight is 553 g/mol. The average Bonchev–Trinajstić information content (AvgIpc) is 3.21. The Labute approximate surface area is 228 Å². The van der Waals surface area contributed by atoms with E-state index in [9.17, 15) is 14.4 Å². The molecule has 0 saturated carbocycles. The highest BCUT2D eigenvalue weighted by molar-refractivity contribution is 7.07. The predicted molar refractivity (Wildman–Crippen MR) is 144 cm³/mol. The van der Waals surface area contributed by atoms with Crippen LogP contribution in [0.4, 0.5) is 0 Å². The number of hydrogen-bond acceptors (Lipinski definition) is 9. The highest BCUT2D eigenvalue weighted by Gasteiger charge is 2.33. The van der Waals surface area contributed by atoms with Gasteiger partial charge >= 0.3 is 11.9 Å². The van der Waals surface area contributed by atoms with Crippen LogP contribution in [0.1, 0.15) is 37.9 Å². The fourth-order valence-corrected chi connectivity index (χ4v) is 5.25. The first kappa shape index (κ1) is 27.6. The van der Waals surface area contributed by atoms with Crippen LogP contribution < -0.4 is 29.1 Å². The third-order valence-electron chi connectivity index (χ3n) is 5.86. The number of fused-ring (bicyclic) bond motifs is 1. The normalized spacial score (nSPS) is 14.9. The van der Waals surface area contributed by atoms with Crippen LogP contribution in [0.2, 0.25) is 0 Å². The number of carbonyl (C=O) groups is 2. The second-order valence-corrected chi connectivity index (χ2v) is 9.41. The number of aliphatic carboxylic acids is 1. The number of benzene rings is 2. The third-order valence-corrected chi connectivity index (χ3v) is 6.84. The van der Waals surface area contributed by atoms with Gasteiger partial charge < -0.3 is 24.1 Å². The van der Waals surface area contributed by atoms with E-state index in [4.69, 9.17) is 24.1 Å². The van der Waals surface area contributed by atoms with Crippen LogP contribution in [0.15, 0.2) is 63.5 Å². The van der Waals surface area contributed by atoms with Gasteiger partial charge in [-0.25, -0.2) is 14.6 Å². The lowest BCUT2D eigenvalue weighted by atomic mass is 9.96. The maximum atomic E-state index is 13.8. The number of allylic oxidation sites excluding steroid dienone is 1. The van der Waals surface area contributed by atoms with Crippen molar-refractivity contribution in [2.75, 3.05) is 26.9 Å². The van der Waals surface area contributed by atoms with Crippen molar-refractivity contribution in [3.63, 3.8) is 0 Å². The van der Waals surface area contributed by atoms with Gasteiger partial charge in [0.25, 0.3) is 5.56 Å². The molecule has 0 radical (unpaired) electrons. The molecule has 0 aliphatic carbocycles. The number of ether oxygens (including phenoxy) is 4. The quantitative estimate of drug-likeness (QED) is 0.381. The van der Waals surface area contributed by atoms with Crippen molar-refractivity contribution in [3.05, 3.63) is 84.5 Å². The summed E-state index contributed by atoms with van der Waals surface area (Å²) < 4.78 is 23.4. The highest BCUT2D eigenvalue weighted by Crippen LogP contribution is 2.32. The SMILES string of the molecule is CCOC(=O)C1=C(C)N=c2s/c(=C/c3ccc(OCC(=O)O)c(OC)c3)c(=O)n2[C@@H]1c1ccc(OCC)cc1. The lowest BCUT2D eigenvalue weighted by Crippen LogP contribution is -2.39. The smallest absolute Gasteiger partial charge is 0.341 e. The third kappa shape index (κ3) is 5.88. The predicted octanol–water partition coefficient (Wildman–Crippen LogP) is 2.67. The van der Waals surface area contributed by atoms with Crippen molar-refractivity contribution in [2.45, 2.75) is 26.8 Å². The Balaban J connectivity index is 1.83. The summed E-state index contributed by atoms with van der Waals surface area (Å²) in [5, 5.41) is 8.89. The molecule has 1 atom stereocenters. The van der Waals surface area contributed by atoms with Gasteiger partial charge in [0.15, 0.2) is 22.9 Å². The van der Waals surface area contributed by atoms with Crippen molar-refractivity contribution in [1.82, 2.24) is 4.57 Å². The molecule has 11 heteroatoms. The summed E-state index contributed by atoms with van der Waals surface area (Å²) in [5.74, 6) is -0.374. The van der Waals surface area contributed by atoms with E-state index in [1.165, 1.54) is 23.0 Å². The summed E-state index contributed by atoms with van der Waals surface area (Å²) in [6.07, 6.45) is 1.69. The number of esters is 1. The molecule has 204 valence electrons. The minimum absolute atomic E-state index is 0.185. The molecule has 0 amide bonds. The van der Waals surface area contributed by atoms with Crippen LogP contribution in [0.25, 0.3) is 6.08 Å². The number of carbonyl (C=O) groups excluding carboxylic acids is 1. The molecule has 1 aromatic heterocycles. The monoisotopic (exact) mass is 552 g/mol. The molecule has 39 heavy (non-hydrogen) atoms. The van der Waals surface area contributed by atoms with Gasteiger partial charge in [-0.3, -0.25) is 9.36 Å². The molecule has 1 N–H and O–H groups in total. The van der Waals surface area contributed by atoms with Gasteiger partial charge in [0.1, 0.15) is 5.75 Å². The zero-order valence-corrected chi connectivity index (χ0v) is 22.7. The Bertz CT molecular complexity index is 1600. The molecular formula is C28H28N2O8S. The van der Waals surface area contributed by atoms with Crippen molar-refractivity contribution in [1.29, 1.82) is 0 Å². The van der Waals surface area contributed by atoms with Gasteiger partial charge in [0.05, 0.1) is 42.2 Å². The zero-order chi connectivity index (χ0) is 28.1. The number of nitrogens with zero attached hydrogens (tertiary/aromatic N) is 2. The van der Waals surface area contributed by atoms with E-state index in [0.717, 1.165) is 0 Å². The standard InChI is InChI=1S/C28H28N2O8S/c1-5-36-19-10-8-18(9-11-19)25-24(27(34)37-6-2)16(3)29-28-30(25)26(33)22(39-28)14-17-7-12-20(21(13-17)35-4)38-15-23(31)32/h7-14,25H,5-6,15H2,1-4H3,(H,31,32)/b22-14+/t25-/m1/s1. The molecule has 1 aliphatic rings. The molecule has 3 aromatic rings. The van der Waals surface area contributed by atoms with Crippen molar-refractivity contribution < 1.29 is 33.6 Å². The summed E-state index contributed by atoms with van der Waals surface area (Å²) >= 11 is 1.20. The largest absolute Gasteiger partial charge is 0.494 e. The molecule has 2 heterocycles. The van der Waals surface area contributed by atoms with Crippen molar-refractivity contribution >= 4 is 29.4 Å². The fourth-order valence-electron chi connectivity index (χ4n) is 4.20. The van der Waals surface area contributed by atoms with E-state index < -0.39 is 24.6 Å². The van der Waals surface area contributed by atoms with E-state index in [0.29, 0.717) is 49.8 Å². The Kier molecular flexibility index (Phi) is 8.50.